The molecular formula is C14H34N2O12S2. The van der Waals surface area contributed by atoms with E-state index in [1.54, 1.807) is 0 Å². The number of aliphatic hydroxyl groups excluding tert-OH is 6. The van der Waals surface area contributed by atoms with Crippen molar-refractivity contribution in [3.05, 3.63) is 0 Å². The van der Waals surface area contributed by atoms with Gasteiger partial charge < -0.3 is 30.6 Å². The molecular weight excluding hydrogens is 452 g/mol. The first kappa shape index (κ1) is 31.7. The predicted octanol–water partition coefficient (Wildman–Crippen LogP) is -4.96. The quantitative estimate of drug-likeness (QED) is 0.0954. The van der Waals surface area contributed by atoms with Crippen LogP contribution in [0.25, 0.3) is 0 Å². The molecule has 0 rings (SSSR count). The maximum absolute atomic E-state index is 10.4. The van der Waals surface area contributed by atoms with E-state index in [0.29, 0.717) is 0 Å². The van der Waals surface area contributed by atoms with Crippen molar-refractivity contribution in [1.82, 2.24) is 9.80 Å². The van der Waals surface area contributed by atoms with Crippen molar-refractivity contribution < 1.29 is 56.6 Å². The van der Waals surface area contributed by atoms with E-state index in [4.69, 9.17) is 29.5 Å². The third kappa shape index (κ3) is 22.2. The Hall–Kier alpha value is -0.500. The summed E-state index contributed by atoms with van der Waals surface area (Å²) < 4.78 is 58.6. The molecule has 0 amide bonds. The lowest BCUT2D eigenvalue weighted by atomic mass is 10.3. The third-order valence-corrected chi connectivity index (χ3v) is 5.02. The van der Waals surface area contributed by atoms with Gasteiger partial charge in [-0.2, -0.15) is 16.8 Å². The second kappa shape index (κ2) is 17.1. The number of hydrogen-bond acceptors (Lipinski definition) is 12. The zero-order valence-corrected chi connectivity index (χ0v) is 18.2. The number of hydrogen-bond donors (Lipinski definition) is 8. The van der Waals surface area contributed by atoms with E-state index in [0.717, 1.165) is 0 Å². The van der Waals surface area contributed by atoms with Crippen LogP contribution in [0, 0.1) is 0 Å². The molecule has 0 fully saturated rings. The molecule has 8 N–H and O–H groups in total. The van der Waals surface area contributed by atoms with Crippen LogP contribution in [-0.4, -0.2) is 156 Å². The summed E-state index contributed by atoms with van der Waals surface area (Å²) in [6.45, 7) is 0.231. The van der Waals surface area contributed by atoms with Gasteiger partial charge in [-0.3, -0.25) is 18.9 Å². The highest BCUT2D eigenvalue weighted by Gasteiger charge is 2.18. The van der Waals surface area contributed by atoms with Crippen LogP contribution >= 0.6 is 0 Å². The van der Waals surface area contributed by atoms with Gasteiger partial charge in [-0.15, -0.1) is 0 Å². The fourth-order valence-electron chi connectivity index (χ4n) is 2.34. The normalized spacial score (nSPS) is 14.5. The SMILES string of the molecule is O=S(=O)(O)CC(O)CN(CCO)CCO.O=S(=O)(O)CC(O)CN(CCO)CCO. The van der Waals surface area contributed by atoms with Gasteiger partial charge in [-0.25, -0.2) is 0 Å². The minimum absolute atomic E-state index is 0.0269. The summed E-state index contributed by atoms with van der Waals surface area (Å²) in [7, 11) is -8.40. The molecule has 0 saturated heterocycles. The fourth-order valence-corrected chi connectivity index (χ4v) is 3.53. The first-order chi connectivity index (χ1) is 13.8. The second-order valence-corrected chi connectivity index (χ2v) is 9.29. The van der Waals surface area contributed by atoms with E-state index in [-0.39, 0.29) is 65.7 Å². The average molecular weight is 487 g/mol. The minimum atomic E-state index is -4.20. The van der Waals surface area contributed by atoms with Crippen molar-refractivity contribution >= 4 is 20.2 Å². The molecule has 2 atom stereocenters. The van der Waals surface area contributed by atoms with Crippen molar-refractivity contribution in [3.8, 4) is 0 Å². The van der Waals surface area contributed by atoms with Gasteiger partial charge in [0, 0.05) is 39.3 Å². The standard InChI is InChI=1S/2C7H17NO6S/c2*9-3-1-8(2-4-10)5-7(11)6-15(12,13)14/h2*7,9-11H,1-6H2,(H,12,13,14). The molecule has 0 aliphatic rings. The molecule has 0 spiro atoms. The molecule has 0 heterocycles. The zero-order chi connectivity index (χ0) is 23.8. The Balaban J connectivity index is 0. The summed E-state index contributed by atoms with van der Waals surface area (Å²) >= 11 is 0. The van der Waals surface area contributed by atoms with Gasteiger partial charge in [-0.05, 0) is 0 Å². The van der Waals surface area contributed by atoms with Crippen molar-refractivity contribution in [1.29, 1.82) is 0 Å². The Kier molecular flexibility index (Phi) is 18.1. The van der Waals surface area contributed by atoms with Gasteiger partial charge in [0.1, 0.15) is 11.5 Å². The Morgan fingerprint density at radius 1 is 0.567 bits per heavy atom. The first-order valence-corrected chi connectivity index (χ1v) is 12.1. The van der Waals surface area contributed by atoms with Crippen LogP contribution in [0.2, 0.25) is 0 Å². The highest BCUT2D eigenvalue weighted by molar-refractivity contribution is 7.86. The molecule has 0 aromatic rings. The van der Waals surface area contributed by atoms with Crippen molar-refractivity contribution in [2.45, 2.75) is 12.2 Å². The highest BCUT2D eigenvalue weighted by atomic mass is 32.2. The van der Waals surface area contributed by atoms with E-state index in [1.807, 2.05) is 0 Å². The largest absolute Gasteiger partial charge is 0.395 e. The molecule has 0 aliphatic carbocycles. The molecule has 184 valence electrons. The monoisotopic (exact) mass is 486 g/mol. The van der Waals surface area contributed by atoms with E-state index in [1.165, 1.54) is 9.80 Å². The summed E-state index contributed by atoms with van der Waals surface area (Å²) in [5, 5.41) is 53.1. The highest BCUT2D eigenvalue weighted by Crippen LogP contribution is 1.97. The fraction of sp³-hybridized carbons (Fsp3) is 1.00. The summed E-state index contributed by atoms with van der Waals surface area (Å²) in [5.74, 6) is -1.50. The van der Waals surface area contributed by atoms with Crippen molar-refractivity contribution in [2.75, 3.05) is 77.2 Å². The Bertz CT molecular complexity index is 550. The first-order valence-electron chi connectivity index (χ1n) is 8.92. The molecule has 2 unspecified atom stereocenters. The number of nitrogens with zero attached hydrogens (tertiary/aromatic N) is 2. The minimum Gasteiger partial charge on any atom is -0.395 e. The molecule has 0 aromatic carbocycles. The van der Waals surface area contributed by atoms with Crippen LogP contribution in [0.5, 0.6) is 0 Å². The lowest BCUT2D eigenvalue weighted by Crippen LogP contribution is -2.39. The Morgan fingerprint density at radius 2 is 0.800 bits per heavy atom. The summed E-state index contributed by atoms with van der Waals surface area (Å²) in [6.07, 6.45) is -2.48. The smallest absolute Gasteiger partial charge is 0.267 e. The second-order valence-electron chi connectivity index (χ2n) is 6.30. The average Bonchev–Trinajstić information content (AvgIpc) is 2.52. The van der Waals surface area contributed by atoms with Gasteiger partial charge >= 0.3 is 0 Å². The number of rotatable bonds is 16. The van der Waals surface area contributed by atoms with E-state index in [2.05, 4.69) is 0 Å². The van der Waals surface area contributed by atoms with E-state index >= 15 is 0 Å². The molecule has 0 radical (unpaired) electrons. The Labute approximate surface area is 176 Å². The molecule has 14 nitrogen and oxygen atoms in total. The van der Waals surface area contributed by atoms with Crippen LogP contribution in [0.4, 0.5) is 0 Å². The van der Waals surface area contributed by atoms with Crippen LogP contribution in [0.1, 0.15) is 0 Å². The maximum Gasteiger partial charge on any atom is 0.267 e. The summed E-state index contributed by atoms with van der Waals surface area (Å²) in [6, 6.07) is 0. The van der Waals surface area contributed by atoms with Crippen molar-refractivity contribution in [2.24, 2.45) is 0 Å². The van der Waals surface area contributed by atoms with Crippen LogP contribution in [-0.2, 0) is 20.2 Å². The topological polar surface area (TPSA) is 237 Å². The van der Waals surface area contributed by atoms with Gasteiger partial charge in [0.2, 0.25) is 0 Å². The maximum atomic E-state index is 10.4. The molecule has 0 aromatic heterocycles. The van der Waals surface area contributed by atoms with Gasteiger partial charge in [0.15, 0.2) is 0 Å². The summed E-state index contributed by atoms with van der Waals surface area (Å²) in [4.78, 5) is 2.99. The van der Waals surface area contributed by atoms with E-state index in [9.17, 15) is 27.0 Å². The summed E-state index contributed by atoms with van der Waals surface area (Å²) in [5.41, 5.74) is 0. The van der Waals surface area contributed by atoms with Gasteiger partial charge in [0.05, 0.1) is 38.6 Å². The van der Waals surface area contributed by atoms with Crippen LogP contribution in [0.3, 0.4) is 0 Å². The molecule has 0 bridgehead atoms. The lowest BCUT2D eigenvalue weighted by Gasteiger charge is -2.22. The predicted molar refractivity (Wildman–Crippen MR) is 106 cm³/mol. The molecule has 0 saturated carbocycles. The zero-order valence-electron chi connectivity index (χ0n) is 16.6. The van der Waals surface area contributed by atoms with E-state index < -0.39 is 43.9 Å². The molecule has 0 aliphatic heterocycles. The molecule has 16 heteroatoms. The van der Waals surface area contributed by atoms with Crippen LogP contribution in [0.15, 0.2) is 0 Å². The molecule has 30 heavy (non-hydrogen) atoms. The third-order valence-electron chi connectivity index (χ3n) is 3.41. The number of aliphatic hydroxyl groups is 6. The van der Waals surface area contributed by atoms with Gasteiger partial charge in [-0.1, -0.05) is 0 Å². The van der Waals surface area contributed by atoms with Crippen LogP contribution < -0.4 is 0 Å². The Morgan fingerprint density at radius 3 is 0.967 bits per heavy atom. The van der Waals surface area contributed by atoms with Crippen molar-refractivity contribution in [3.63, 3.8) is 0 Å². The lowest BCUT2D eigenvalue weighted by molar-refractivity contribution is 0.0972. The van der Waals surface area contributed by atoms with Gasteiger partial charge in [0.25, 0.3) is 20.2 Å².